The molecule has 2 atom stereocenters. The van der Waals surface area contributed by atoms with Gasteiger partial charge < -0.3 is 10.4 Å². The summed E-state index contributed by atoms with van der Waals surface area (Å²) in [5, 5.41) is 26.3. The molecule has 7 heteroatoms. The van der Waals surface area contributed by atoms with Crippen LogP contribution in [0.15, 0.2) is 24.3 Å². The normalized spacial score (nSPS) is 21.4. The Labute approximate surface area is 121 Å². The number of aliphatic hydroxyl groups excluding tert-OH is 1. The van der Waals surface area contributed by atoms with Gasteiger partial charge in [-0.1, -0.05) is 18.6 Å². The summed E-state index contributed by atoms with van der Waals surface area (Å²) in [7, 11) is 0. The molecule has 1 aliphatic rings. The second kappa shape index (κ2) is 6.01. The van der Waals surface area contributed by atoms with Crippen molar-refractivity contribution >= 4 is 5.91 Å². The number of carbonyl (C=O) groups is 1. The Bertz CT molecular complexity index is 614. The van der Waals surface area contributed by atoms with E-state index in [1.165, 1.54) is 0 Å². The highest BCUT2D eigenvalue weighted by Gasteiger charge is 2.25. The van der Waals surface area contributed by atoms with Gasteiger partial charge in [-0.05, 0) is 30.2 Å². The molecular weight excluding hydrogens is 270 g/mol. The fourth-order valence-electron chi connectivity index (χ4n) is 2.66. The molecule has 3 rings (SSSR count). The van der Waals surface area contributed by atoms with E-state index >= 15 is 0 Å². The van der Waals surface area contributed by atoms with Crippen LogP contribution in [0.1, 0.15) is 29.6 Å². The number of aliphatic hydroxyl groups is 1. The minimum absolute atomic E-state index is 0.153. The second-order valence-corrected chi connectivity index (χ2v) is 5.28. The number of amides is 1. The van der Waals surface area contributed by atoms with Gasteiger partial charge in [0.2, 0.25) is 5.82 Å². The minimum atomic E-state index is -0.295. The first-order valence-corrected chi connectivity index (χ1v) is 7.04. The van der Waals surface area contributed by atoms with Crippen molar-refractivity contribution in [3.63, 3.8) is 0 Å². The van der Waals surface area contributed by atoms with E-state index in [1.807, 2.05) is 6.07 Å². The molecule has 1 aliphatic carbocycles. The summed E-state index contributed by atoms with van der Waals surface area (Å²) in [6.45, 7) is 0.506. The molecule has 110 valence electrons. The third-order valence-corrected chi connectivity index (χ3v) is 3.87. The second-order valence-electron chi connectivity index (χ2n) is 5.28. The van der Waals surface area contributed by atoms with Crippen molar-refractivity contribution in [1.82, 2.24) is 25.9 Å². The molecular formula is C14H17N5O2. The number of carbonyl (C=O) groups excluding carboxylic acids is 1. The van der Waals surface area contributed by atoms with Crippen molar-refractivity contribution in [2.75, 3.05) is 6.54 Å². The minimum Gasteiger partial charge on any atom is -0.393 e. The monoisotopic (exact) mass is 287 g/mol. The summed E-state index contributed by atoms with van der Waals surface area (Å²) in [5.74, 6) is 0.463. The average molecular weight is 287 g/mol. The van der Waals surface area contributed by atoms with Crippen LogP contribution in [0.3, 0.4) is 0 Å². The van der Waals surface area contributed by atoms with Crippen LogP contribution in [-0.2, 0) is 0 Å². The standard InChI is InChI=1S/C14H17N5O2/c20-12-6-2-5-11(12)8-15-14(21)10-4-1-3-9(7-10)13-16-18-19-17-13/h1,3-4,7,11-12,20H,2,5-6,8H2,(H,15,21)(H,16,17,18,19). The van der Waals surface area contributed by atoms with E-state index in [0.717, 1.165) is 24.8 Å². The van der Waals surface area contributed by atoms with Crippen molar-refractivity contribution in [2.45, 2.75) is 25.4 Å². The molecule has 1 fully saturated rings. The van der Waals surface area contributed by atoms with Crippen LogP contribution >= 0.6 is 0 Å². The van der Waals surface area contributed by atoms with E-state index in [-0.39, 0.29) is 17.9 Å². The first kappa shape index (κ1) is 13.7. The molecule has 2 aromatic rings. The van der Waals surface area contributed by atoms with Gasteiger partial charge in [0.25, 0.3) is 5.91 Å². The Morgan fingerprint density at radius 1 is 1.43 bits per heavy atom. The largest absolute Gasteiger partial charge is 0.393 e. The zero-order valence-electron chi connectivity index (χ0n) is 11.5. The zero-order chi connectivity index (χ0) is 14.7. The Hall–Kier alpha value is -2.28. The third-order valence-electron chi connectivity index (χ3n) is 3.87. The van der Waals surface area contributed by atoms with Gasteiger partial charge in [0.1, 0.15) is 0 Å². The fourth-order valence-corrected chi connectivity index (χ4v) is 2.66. The maximum Gasteiger partial charge on any atom is 0.251 e. The van der Waals surface area contributed by atoms with Gasteiger partial charge in [-0.2, -0.15) is 5.21 Å². The van der Waals surface area contributed by atoms with Crippen LogP contribution in [0.5, 0.6) is 0 Å². The molecule has 2 unspecified atom stereocenters. The van der Waals surface area contributed by atoms with Crippen LogP contribution in [0, 0.1) is 5.92 Å². The first-order chi connectivity index (χ1) is 10.2. The molecule has 0 saturated heterocycles. The fraction of sp³-hybridized carbons (Fsp3) is 0.429. The molecule has 0 radical (unpaired) electrons. The van der Waals surface area contributed by atoms with E-state index in [4.69, 9.17) is 0 Å². The summed E-state index contributed by atoms with van der Waals surface area (Å²) < 4.78 is 0. The highest BCUT2D eigenvalue weighted by atomic mass is 16.3. The van der Waals surface area contributed by atoms with Gasteiger partial charge >= 0.3 is 0 Å². The molecule has 1 heterocycles. The summed E-state index contributed by atoms with van der Waals surface area (Å²) in [6, 6.07) is 7.07. The summed E-state index contributed by atoms with van der Waals surface area (Å²) in [6.07, 6.45) is 2.52. The highest BCUT2D eigenvalue weighted by molar-refractivity contribution is 5.95. The number of rotatable bonds is 4. The van der Waals surface area contributed by atoms with E-state index in [2.05, 4.69) is 25.9 Å². The number of nitrogens with one attached hydrogen (secondary N) is 2. The lowest BCUT2D eigenvalue weighted by Gasteiger charge is -2.15. The molecule has 3 N–H and O–H groups in total. The van der Waals surface area contributed by atoms with Gasteiger partial charge in [-0.15, -0.1) is 10.2 Å². The van der Waals surface area contributed by atoms with E-state index in [1.54, 1.807) is 18.2 Å². The van der Waals surface area contributed by atoms with Crippen molar-refractivity contribution in [3.05, 3.63) is 29.8 Å². The lowest BCUT2D eigenvalue weighted by Crippen LogP contribution is -2.32. The van der Waals surface area contributed by atoms with Crippen LogP contribution in [0.25, 0.3) is 11.4 Å². The average Bonchev–Trinajstić information content (AvgIpc) is 3.16. The predicted molar refractivity (Wildman–Crippen MR) is 75.3 cm³/mol. The van der Waals surface area contributed by atoms with Crippen molar-refractivity contribution in [3.8, 4) is 11.4 Å². The summed E-state index contributed by atoms with van der Waals surface area (Å²) in [4.78, 5) is 12.2. The SMILES string of the molecule is O=C(NCC1CCCC1O)c1cccc(-c2nn[nH]n2)c1. The molecule has 0 spiro atoms. The first-order valence-electron chi connectivity index (χ1n) is 7.04. The van der Waals surface area contributed by atoms with Gasteiger partial charge in [-0.3, -0.25) is 4.79 Å². The lowest BCUT2D eigenvalue weighted by molar-refractivity contribution is 0.0917. The van der Waals surface area contributed by atoms with Crippen molar-refractivity contribution in [2.24, 2.45) is 5.92 Å². The molecule has 7 nitrogen and oxygen atoms in total. The maximum absolute atomic E-state index is 12.2. The van der Waals surface area contributed by atoms with Crippen LogP contribution < -0.4 is 5.32 Å². The molecule has 0 aliphatic heterocycles. The van der Waals surface area contributed by atoms with Crippen LogP contribution in [-0.4, -0.2) is 44.3 Å². The van der Waals surface area contributed by atoms with Crippen molar-refractivity contribution < 1.29 is 9.90 Å². The number of hydrogen-bond donors (Lipinski definition) is 3. The van der Waals surface area contributed by atoms with Crippen LogP contribution in [0.2, 0.25) is 0 Å². The quantitative estimate of drug-likeness (QED) is 0.770. The molecule has 1 saturated carbocycles. The Morgan fingerprint density at radius 3 is 3.05 bits per heavy atom. The number of benzene rings is 1. The molecule has 1 aromatic carbocycles. The van der Waals surface area contributed by atoms with Gasteiger partial charge in [-0.25, -0.2) is 0 Å². The summed E-state index contributed by atoms with van der Waals surface area (Å²) in [5.41, 5.74) is 1.28. The smallest absolute Gasteiger partial charge is 0.251 e. The third kappa shape index (κ3) is 3.08. The lowest BCUT2D eigenvalue weighted by atomic mass is 10.1. The van der Waals surface area contributed by atoms with E-state index in [0.29, 0.717) is 17.9 Å². The molecule has 1 aromatic heterocycles. The maximum atomic E-state index is 12.2. The number of H-pyrrole nitrogens is 1. The van der Waals surface area contributed by atoms with E-state index in [9.17, 15) is 9.90 Å². The summed E-state index contributed by atoms with van der Waals surface area (Å²) >= 11 is 0. The predicted octanol–water partition coefficient (Wildman–Crippen LogP) is 0.757. The van der Waals surface area contributed by atoms with Gasteiger partial charge in [0.05, 0.1) is 6.10 Å². The topological polar surface area (TPSA) is 104 Å². The molecule has 21 heavy (non-hydrogen) atoms. The van der Waals surface area contributed by atoms with Gasteiger partial charge in [0.15, 0.2) is 0 Å². The van der Waals surface area contributed by atoms with Crippen molar-refractivity contribution in [1.29, 1.82) is 0 Å². The number of hydrogen-bond acceptors (Lipinski definition) is 5. The van der Waals surface area contributed by atoms with E-state index < -0.39 is 0 Å². The molecule has 1 amide bonds. The number of tetrazole rings is 1. The Balaban J connectivity index is 1.66. The Kier molecular flexibility index (Phi) is 3.92. The number of nitrogens with zero attached hydrogens (tertiary/aromatic N) is 3. The highest BCUT2D eigenvalue weighted by Crippen LogP contribution is 2.24. The molecule has 0 bridgehead atoms. The zero-order valence-corrected chi connectivity index (χ0v) is 11.5. The number of aromatic nitrogens is 4. The van der Waals surface area contributed by atoms with Gasteiger partial charge in [0, 0.05) is 23.6 Å². The van der Waals surface area contributed by atoms with Crippen LogP contribution in [0.4, 0.5) is 0 Å². The number of aromatic amines is 1. The Morgan fingerprint density at radius 2 is 2.33 bits per heavy atom.